The van der Waals surface area contributed by atoms with Crippen LogP contribution in [0.4, 0.5) is 5.69 Å². The van der Waals surface area contributed by atoms with Crippen LogP contribution in [0.2, 0.25) is 0 Å². The van der Waals surface area contributed by atoms with Gasteiger partial charge in [0, 0.05) is 11.3 Å². The fraction of sp³-hybridized carbons (Fsp3) is 0.312. The Bertz CT molecular complexity index is 1380. The van der Waals surface area contributed by atoms with Crippen LogP contribution >= 0.6 is 0 Å². The molecule has 0 aromatic heterocycles. The van der Waals surface area contributed by atoms with E-state index in [2.05, 4.69) is 0 Å². The van der Waals surface area contributed by atoms with Crippen LogP contribution in [0.3, 0.4) is 0 Å². The molecule has 1 unspecified atom stereocenters. The van der Waals surface area contributed by atoms with E-state index < -0.39 is 17.7 Å². The second-order valence-corrected chi connectivity index (χ2v) is 9.44. The molecule has 1 N–H and O–H groups in total. The lowest BCUT2D eigenvalue weighted by Crippen LogP contribution is -2.29. The average Bonchev–Trinajstić information content (AvgIpc) is 3.19. The second kappa shape index (κ2) is 12.1. The highest BCUT2D eigenvalue weighted by Gasteiger charge is 2.47. The van der Waals surface area contributed by atoms with Gasteiger partial charge in [0.05, 0.1) is 31.4 Å². The Labute approximate surface area is 229 Å². The number of aliphatic hydroxyl groups excluding tert-OH is 1. The number of ketones is 1. The standard InChI is InChI=1S/C32H35NO6/c1-6-37-24-15-13-23(14-16-24)33-29(21-10-9-11-25(18-21)38-7-2)28(31(35)32(33)36)30(34)22-12-17-27(39-8-3)26(19-22)20(4)5/h9-20,29,34H,6-8H2,1-5H3/b30-28+. The van der Waals surface area contributed by atoms with Crippen molar-refractivity contribution >= 4 is 23.1 Å². The van der Waals surface area contributed by atoms with Gasteiger partial charge in [0.25, 0.3) is 11.7 Å². The topological polar surface area (TPSA) is 85.3 Å². The van der Waals surface area contributed by atoms with Gasteiger partial charge < -0.3 is 19.3 Å². The van der Waals surface area contributed by atoms with E-state index in [-0.39, 0.29) is 17.3 Å². The minimum absolute atomic E-state index is 0.0152. The van der Waals surface area contributed by atoms with Crippen LogP contribution in [-0.4, -0.2) is 36.6 Å². The zero-order valence-electron chi connectivity index (χ0n) is 23.1. The summed E-state index contributed by atoms with van der Waals surface area (Å²) >= 11 is 0. The van der Waals surface area contributed by atoms with Gasteiger partial charge in [-0.05, 0) is 92.4 Å². The van der Waals surface area contributed by atoms with Crippen LogP contribution in [0.5, 0.6) is 17.2 Å². The number of amides is 1. The molecule has 0 spiro atoms. The van der Waals surface area contributed by atoms with E-state index in [1.807, 2.05) is 58.9 Å². The summed E-state index contributed by atoms with van der Waals surface area (Å²) in [5.74, 6) is 0.386. The summed E-state index contributed by atoms with van der Waals surface area (Å²) in [6.45, 7) is 11.2. The highest BCUT2D eigenvalue weighted by Crippen LogP contribution is 2.43. The predicted octanol–water partition coefficient (Wildman–Crippen LogP) is 6.63. The first-order chi connectivity index (χ1) is 18.8. The molecule has 4 rings (SSSR count). The van der Waals surface area contributed by atoms with Crippen molar-refractivity contribution in [3.63, 3.8) is 0 Å². The van der Waals surface area contributed by atoms with E-state index in [9.17, 15) is 14.7 Å². The molecular weight excluding hydrogens is 494 g/mol. The number of aliphatic hydroxyl groups is 1. The molecule has 0 aliphatic carbocycles. The lowest BCUT2D eigenvalue weighted by atomic mass is 9.93. The third-order valence-electron chi connectivity index (χ3n) is 6.56. The number of carbonyl (C=O) groups is 2. The number of carbonyl (C=O) groups excluding carboxylic acids is 2. The van der Waals surface area contributed by atoms with Gasteiger partial charge in [0.15, 0.2) is 0 Å². The van der Waals surface area contributed by atoms with E-state index in [0.717, 1.165) is 11.3 Å². The maximum Gasteiger partial charge on any atom is 0.300 e. The van der Waals surface area contributed by atoms with Crippen molar-refractivity contribution in [2.24, 2.45) is 0 Å². The molecule has 3 aromatic carbocycles. The van der Waals surface area contributed by atoms with E-state index in [4.69, 9.17) is 14.2 Å². The largest absolute Gasteiger partial charge is 0.507 e. The van der Waals surface area contributed by atoms with Gasteiger partial charge in [-0.25, -0.2) is 0 Å². The van der Waals surface area contributed by atoms with Gasteiger partial charge in [0.2, 0.25) is 0 Å². The SMILES string of the molecule is CCOc1ccc(N2C(=O)C(=O)/C(=C(/O)c3ccc(OCC)c(C(C)C)c3)C2c2cccc(OCC)c2)cc1. The Hall–Kier alpha value is -4.26. The van der Waals surface area contributed by atoms with Crippen molar-refractivity contribution in [2.75, 3.05) is 24.7 Å². The van der Waals surface area contributed by atoms with Crippen molar-refractivity contribution in [3.8, 4) is 17.2 Å². The molecular formula is C32H35NO6. The molecule has 0 bridgehead atoms. The molecule has 1 aliphatic heterocycles. The normalized spacial score (nSPS) is 16.6. The molecule has 1 saturated heterocycles. The lowest BCUT2D eigenvalue weighted by Gasteiger charge is -2.26. The van der Waals surface area contributed by atoms with Crippen molar-refractivity contribution in [3.05, 3.63) is 89.0 Å². The fourth-order valence-electron chi connectivity index (χ4n) is 4.81. The first kappa shape index (κ1) is 27.8. The van der Waals surface area contributed by atoms with Crippen LogP contribution in [0.1, 0.15) is 63.3 Å². The molecule has 1 atom stereocenters. The highest BCUT2D eigenvalue weighted by atomic mass is 16.5. The van der Waals surface area contributed by atoms with Crippen molar-refractivity contribution in [1.82, 2.24) is 0 Å². The maximum absolute atomic E-state index is 13.6. The number of hydrogen-bond acceptors (Lipinski definition) is 6. The number of hydrogen-bond donors (Lipinski definition) is 1. The van der Waals surface area contributed by atoms with Gasteiger partial charge in [-0.3, -0.25) is 14.5 Å². The number of rotatable bonds is 10. The molecule has 1 fully saturated rings. The Morgan fingerprint density at radius 2 is 1.51 bits per heavy atom. The highest BCUT2D eigenvalue weighted by molar-refractivity contribution is 6.51. The van der Waals surface area contributed by atoms with E-state index in [1.165, 1.54) is 4.90 Å². The smallest absolute Gasteiger partial charge is 0.300 e. The van der Waals surface area contributed by atoms with Crippen LogP contribution in [0.25, 0.3) is 5.76 Å². The lowest BCUT2D eigenvalue weighted by molar-refractivity contribution is -0.132. The summed E-state index contributed by atoms with van der Waals surface area (Å²) in [6, 6.07) is 18.7. The average molecular weight is 530 g/mol. The summed E-state index contributed by atoms with van der Waals surface area (Å²) in [7, 11) is 0. The number of ether oxygens (including phenoxy) is 3. The van der Waals surface area contributed by atoms with Crippen LogP contribution in [0.15, 0.2) is 72.3 Å². The van der Waals surface area contributed by atoms with Crippen LogP contribution < -0.4 is 19.1 Å². The first-order valence-corrected chi connectivity index (χ1v) is 13.3. The zero-order chi connectivity index (χ0) is 28.1. The summed E-state index contributed by atoms with van der Waals surface area (Å²) in [4.78, 5) is 28.5. The summed E-state index contributed by atoms with van der Waals surface area (Å²) in [5.41, 5.74) is 2.52. The van der Waals surface area contributed by atoms with E-state index in [0.29, 0.717) is 48.1 Å². The molecule has 1 amide bonds. The summed E-state index contributed by atoms with van der Waals surface area (Å²) in [6.07, 6.45) is 0. The van der Waals surface area contributed by atoms with Crippen molar-refractivity contribution in [2.45, 2.75) is 46.6 Å². The molecule has 0 saturated carbocycles. The monoisotopic (exact) mass is 529 g/mol. The molecule has 204 valence electrons. The third-order valence-corrected chi connectivity index (χ3v) is 6.56. The molecule has 1 aliphatic rings. The number of nitrogens with zero attached hydrogens (tertiary/aromatic N) is 1. The Morgan fingerprint density at radius 1 is 0.846 bits per heavy atom. The first-order valence-electron chi connectivity index (χ1n) is 13.3. The number of Topliss-reactive ketones (excluding diaryl/α,β-unsaturated/α-hetero) is 1. The quantitative estimate of drug-likeness (QED) is 0.180. The van der Waals surface area contributed by atoms with Gasteiger partial charge in [-0.1, -0.05) is 26.0 Å². The van der Waals surface area contributed by atoms with Gasteiger partial charge >= 0.3 is 0 Å². The van der Waals surface area contributed by atoms with Gasteiger partial charge in [0.1, 0.15) is 23.0 Å². The second-order valence-electron chi connectivity index (χ2n) is 9.44. The molecule has 7 nitrogen and oxygen atoms in total. The maximum atomic E-state index is 13.6. The number of anilines is 1. The minimum atomic E-state index is -0.864. The molecule has 0 radical (unpaired) electrons. The van der Waals surface area contributed by atoms with Crippen LogP contribution in [-0.2, 0) is 9.59 Å². The summed E-state index contributed by atoms with van der Waals surface area (Å²) in [5, 5.41) is 11.6. The van der Waals surface area contributed by atoms with Crippen LogP contribution in [0, 0.1) is 0 Å². The summed E-state index contributed by atoms with van der Waals surface area (Å²) < 4.78 is 17.0. The third kappa shape index (κ3) is 5.62. The molecule has 39 heavy (non-hydrogen) atoms. The minimum Gasteiger partial charge on any atom is -0.507 e. The molecule has 3 aromatic rings. The van der Waals surface area contributed by atoms with E-state index in [1.54, 1.807) is 42.5 Å². The zero-order valence-corrected chi connectivity index (χ0v) is 23.1. The predicted molar refractivity (Wildman–Crippen MR) is 152 cm³/mol. The van der Waals surface area contributed by atoms with Crippen molar-refractivity contribution < 1.29 is 28.9 Å². The number of benzene rings is 3. The Morgan fingerprint density at radius 3 is 2.15 bits per heavy atom. The Balaban J connectivity index is 1.91. The van der Waals surface area contributed by atoms with Gasteiger partial charge in [-0.15, -0.1) is 0 Å². The fourth-order valence-corrected chi connectivity index (χ4v) is 4.81. The molecule has 1 heterocycles. The van der Waals surface area contributed by atoms with Crippen molar-refractivity contribution in [1.29, 1.82) is 0 Å². The molecule has 7 heteroatoms. The Kier molecular flexibility index (Phi) is 8.59. The van der Waals surface area contributed by atoms with Gasteiger partial charge in [-0.2, -0.15) is 0 Å². The van der Waals surface area contributed by atoms with E-state index >= 15 is 0 Å².